The van der Waals surface area contributed by atoms with Crippen molar-refractivity contribution in [3.63, 3.8) is 0 Å². The number of ether oxygens (including phenoxy) is 2. The molecule has 5 nitrogen and oxygen atoms in total. The standard InChI is InChI=1S/C10H13NO4/c1-7-8(10(12)13)3-4-9(11-7)15-6-5-14-2/h3-4H,5-6H2,1-2H3,(H,12,13). The molecular weight excluding hydrogens is 198 g/mol. The van der Waals surface area contributed by atoms with Gasteiger partial charge in [-0.25, -0.2) is 9.78 Å². The Morgan fingerprint density at radius 2 is 2.20 bits per heavy atom. The van der Waals surface area contributed by atoms with Gasteiger partial charge in [-0.1, -0.05) is 0 Å². The van der Waals surface area contributed by atoms with Crippen molar-refractivity contribution in [2.45, 2.75) is 6.92 Å². The molecule has 0 fully saturated rings. The average Bonchev–Trinajstić information content (AvgIpc) is 2.17. The third kappa shape index (κ3) is 3.21. The molecule has 5 heteroatoms. The molecular formula is C10H13NO4. The molecule has 0 saturated carbocycles. The minimum absolute atomic E-state index is 0.189. The topological polar surface area (TPSA) is 68.7 Å². The van der Waals surface area contributed by atoms with Crippen LogP contribution in [0.3, 0.4) is 0 Å². The number of hydrogen-bond donors (Lipinski definition) is 1. The van der Waals surface area contributed by atoms with Crippen LogP contribution in [0.2, 0.25) is 0 Å². The number of rotatable bonds is 5. The molecule has 1 heterocycles. The molecule has 15 heavy (non-hydrogen) atoms. The fourth-order valence-electron chi connectivity index (χ4n) is 1.07. The van der Waals surface area contributed by atoms with E-state index in [2.05, 4.69) is 4.98 Å². The van der Waals surface area contributed by atoms with E-state index in [9.17, 15) is 4.79 Å². The van der Waals surface area contributed by atoms with E-state index in [1.54, 1.807) is 14.0 Å². The largest absolute Gasteiger partial charge is 0.478 e. The monoisotopic (exact) mass is 211 g/mol. The van der Waals surface area contributed by atoms with Crippen LogP contribution in [0.5, 0.6) is 5.88 Å². The second kappa shape index (κ2) is 5.31. The molecule has 0 amide bonds. The highest BCUT2D eigenvalue weighted by Crippen LogP contribution is 2.12. The number of aryl methyl sites for hydroxylation is 1. The molecule has 1 N–H and O–H groups in total. The lowest BCUT2D eigenvalue weighted by Crippen LogP contribution is -2.07. The normalized spacial score (nSPS) is 10.0. The van der Waals surface area contributed by atoms with E-state index in [0.29, 0.717) is 24.8 Å². The highest BCUT2D eigenvalue weighted by atomic mass is 16.5. The molecule has 0 spiro atoms. The lowest BCUT2D eigenvalue weighted by atomic mass is 10.2. The van der Waals surface area contributed by atoms with Gasteiger partial charge in [-0.15, -0.1) is 0 Å². The Labute approximate surface area is 87.7 Å². The Bertz CT molecular complexity index is 351. The summed E-state index contributed by atoms with van der Waals surface area (Å²) in [6.07, 6.45) is 0. The van der Waals surface area contributed by atoms with E-state index >= 15 is 0 Å². The van der Waals surface area contributed by atoms with E-state index in [1.165, 1.54) is 12.1 Å². The molecule has 1 aromatic heterocycles. The van der Waals surface area contributed by atoms with Gasteiger partial charge in [-0.05, 0) is 13.0 Å². The maximum absolute atomic E-state index is 10.7. The number of carboxylic acid groups (broad SMARTS) is 1. The fourth-order valence-corrected chi connectivity index (χ4v) is 1.07. The van der Waals surface area contributed by atoms with Crippen LogP contribution >= 0.6 is 0 Å². The van der Waals surface area contributed by atoms with Crippen LogP contribution in [0.15, 0.2) is 12.1 Å². The van der Waals surface area contributed by atoms with Gasteiger partial charge in [0.25, 0.3) is 0 Å². The van der Waals surface area contributed by atoms with E-state index in [-0.39, 0.29) is 5.56 Å². The van der Waals surface area contributed by atoms with Crippen molar-refractivity contribution in [3.8, 4) is 5.88 Å². The van der Waals surface area contributed by atoms with Crippen LogP contribution in [0.25, 0.3) is 0 Å². The third-order valence-corrected chi connectivity index (χ3v) is 1.83. The van der Waals surface area contributed by atoms with Crippen molar-refractivity contribution in [1.29, 1.82) is 0 Å². The van der Waals surface area contributed by atoms with Crippen molar-refractivity contribution in [1.82, 2.24) is 4.98 Å². The summed E-state index contributed by atoms with van der Waals surface area (Å²) in [6.45, 7) is 2.50. The Morgan fingerprint density at radius 1 is 1.47 bits per heavy atom. The van der Waals surface area contributed by atoms with E-state index in [0.717, 1.165) is 0 Å². The van der Waals surface area contributed by atoms with Crippen LogP contribution in [0.1, 0.15) is 16.1 Å². The van der Waals surface area contributed by atoms with Gasteiger partial charge in [-0.3, -0.25) is 0 Å². The Kier molecular flexibility index (Phi) is 4.05. The van der Waals surface area contributed by atoms with Gasteiger partial charge >= 0.3 is 5.97 Å². The number of pyridine rings is 1. The molecule has 0 aliphatic heterocycles. The van der Waals surface area contributed by atoms with Crippen molar-refractivity contribution in [2.24, 2.45) is 0 Å². The minimum Gasteiger partial charge on any atom is -0.478 e. The van der Waals surface area contributed by atoms with Crippen molar-refractivity contribution >= 4 is 5.97 Å². The molecule has 1 aromatic rings. The zero-order chi connectivity index (χ0) is 11.3. The Balaban J connectivity index is 2.69. The maximum Gasteiger partial charge on any atom is 0.337 e. The van der Waals surface area contributed by atoms with E-state index in [4.69, 9.17) is 14.6 Å². The number of methoxy groups -OCH3 is 1. The van der Waals surface area contributed by atoms with Gasteiger partial charge in [0.15, 0.2) is 0 Å². The first-order valence-corrected chi connectivity index (χ1v) is 4.48. The Hall–Kier alpha value is -1.62. The molecule has 0 atom stereocenters. The average molecular weight is 211 g/mol. The Morgan fingerprint density at radius 3 is 2.73 bits per heavy atom. The minimum atomic E-state index is -0.983. The van der Waals surface area contributed by atoms with Crippen molar-refractivity contribution in [3.05, 3.63) is 23.4 Å². The second-order valence-corrected chi connectivity index (χ2v) is 2.93. The number of carboxylic acids is 1. The SMILES string of the molecule is COCCOc1ccc(C(=O)O)c(C)n1. The summed E-state index contributed by atoms with van der Waals surface area (Å²) in [5.74, 6) is -0.571. The summed E-state index contributed by atoms with van der Waals surface area (Å²) in [5.41, 5.74) is 0.631. The molecule has 0 bridgehead atoms. The molecule has 0 aliphatic carbocycles. The molecule has 1 rings (SSSR count). The van der Waals surface area contributed by atoms with Crippen LogP contribution in [0.4, 0.5) is 0 Å². The summed E-state index contributed by atoms with van der Waals surface area (Å²) >= 11 is 0. The smallest absolute Gasteiger partial charge is 0.337 e. The van der Waals surface area contributed by atoms with Gasteiger partial charge in [-0.2, -0.15) is 0 Å². The third-order valence-electron chi connectivity index (χ3n) is 1.83. The molecule has 0 unspecified atom stereocenters. The molecule has 82 valence electrons. The highest BCUT2D eigenvalue weighted by molar-refractivity contribution is 5.88. The van der Waals surface area contributed by atoms with Crippen LogP contribution < -0.4 is 4.74 Å². The molecule has 0 aliphatic rings. The summed E-state index contributed by atoms with van der Waals surface area (Å²) < 4.78 is 10.0. The predicted octanol–water partition coefficient (Wildman–Crippen LogP) is 1.11. The quantitative estimate of drug-likeness (QED) is 0.739. The second-order valence-electron chi connectivity index (χ2n) is 2.93. The van der Waals surface area contributed by atoms with Gasteiger partial charge in [0, 0.05) is 13.2 Å². The van der Waals surface area contributed by atoms with Gasteiger partial charge < -0.3 is 14.6 Å². The summed E-state index contributed by atoms with van der Waals surface area (Å²) in [6, 6.07) is 3.01. The van der Waals surface area contributed by atoms with E-state index in [1.807, 2.05) is 0 Å². The number of hydrogen-bond acceptors (Lipinski definition) is 4. The number of nitrogens with zero attached hydrogens (tertiary/aromatic N) is 1. The summed E-state index contributed by atoms with van der Waals surface area (Å²) in [5, 5.41) is 8.77. The zero-order valence-electron chi connectivity index (χ0n) is 8.69. The van der Waals surface area contributed by atoms with Gasteiger partial charge in [0.05, 0.1) is 17.9 Å². The first-order valence-electron chi connectivity index (χ1n) is 4.48. The maximum atomic E-state index is 10.7. The molecule has 0 saturated heterocycles. The van der Waals surface area contributed by atoms with Gasteiger partial charge in [0.1, 0.15) is 6.61 Å². The van der Waals surface area contributed by atoms with Gasteiger partial charge in [0.2, 0.25) is 5.88 Å². The highest BCUT2D eigenvalue weighted by Gasteiger charge is 2.08. The van der Waals surface area contributed by atoms with Crippen molar-refractivity contribution in [2.75, 3.05) is 20.3 Å². The fraction of sp³-hybridized carbons (Fsp3) is 0.400. The molecule has 0 radical (unpaired) electrons. The lowest BCUT2D eigenvalue weighted by Gasteiger charge is -2.06. The van der Waals surface area contributed by atoms with Crippen LogP contribution in [-0.4, -0.2) is 36.4 Å². The van der Waals surface area contributed by atoms with E-state index < -0.39 is 5.97 Å². The summed E-state index contributed by atoms with van der Waals surface area (Å²) in [7, 11) is 1.58. The number of aromatic carboxylic acids is 1. The number of aromatic nitrogens is 1. The van der Waals surface area contributed by atoms with Crippen LogP contribution in [-0.2, 0) is 4.74 Å². The number of carbonyl (C=O) groups is 1. The van der Waals surface area contributed by atoms with Crippen LogP contribution in [0, 0.1) is 6.92 Å². The predicted molar refractivity (Wildman–Crippen MR) is 53.3 cm³/mol. The van der Waals surface area contributed by atoms with Crippen molar-refractivity contribution < 1.29 is 19.4 Å². The summed E-state index contributed by atoms with van der Waals surface area (Å²) in [4.78, 5) is 14.7. The lowest BCUT2D eigenvalue weighted by molar-refractivity contribution is 0.0695. The molecule has 0 aromatic carbocycles. The zero-order valence-corrected chi connectivity index (χ0v) is 8.69. The first kappa shape index (κ1) is 11.5. The first-order chi connectivity index (χ1) is 7.15.